The Balaban J connectivity index is 2.98. The summed E-state index contributed by atoms with van der Waals surface area (Å²) in [7, 11) is -4.06. The molecule has 0 saturated heterocycles. The van der Waals surface area contributed by atoms with E-state index in [0.29, 0.717) is 6.42 Å². The van der Waals surface area contributed by atoms with Gasteiger partial charge >= 0.3 is 5.97 Å². The topological polar surface area (TPSA) is 86.5 Å². The van der Waals surface area contributed by atoms with Gasteiger partial charge in [-0.15, -0.1) is 0 Å². The monoisotopic (exact) mass is 367 g/mol. The van der Waals surface area contributed by atoms with E-state index in [4.69, 9.17) is 9.88 Å². The molecule has 0 aliphatic carbocycles. The van der Waals surface area contributed by atoms with Gasteiger partial charge in [-0.25, -0.2) is 22.7 Å². The minimum absolute atomic E-state index is 0.0416. The molecule has 0 aliphatic rings. The van der Waals surface area contributed by atoms with Gasteiger partial charge in [-0.05, 0) is 34.5 Å². The molecule has 2 N–H and O–H groups in total. The van der Waals surface area contributed by atoms with Crippen LogP contribution in [-0.4, -0.2) is 21.0 Å². The second-order valence-corrected chi connectivity index (χ2v) is 6.53. The number of halogens is 2. The molecule has 0 unspecified atom stereocenters. The number of ether oxygens (including phenoxy) is 1. The lowest BCUT2D eigenvalue weighted by molar-refractivity contribution is 0.0492. The zero-order chi connectivity index (χ0) is 15.3. The molecule has 0 radical (unpaired) electrons. The van der Waals surface area contributed by atoms with E-state index in [9.17, 15) is 17.6 Å². The first-order chi connectivity index (χ1) is 9.27. The van der Waals surface area contributed by atoms with Gasteiger partial charge in [0, 0.05) is 4.47 Å². The summed E-state index contributed by atoms with van der Waals surface area (Å²) in [6.45, 7) is 2.15. The van der Waals surface area contributed by atoms with Gasteiger partial charge in [-0.2, -0.15) is 0 Å². The Morgan fingerprint density at radius 2 is 2.05 bits per heavy atom. The van der Waals surface area contributed by atoms with Crippen LogP contribution in [-0.2, 0) is 14.8 Å². The second-order valence-electron chi connectivity index (χ2n) is 4.15. The first-order valence-electron chi connectivity index (χ1n) is 5.96. The van der Waals surface area contributed by atoms with E-state index in [1.54, 1.807) is 0 Å². The molecule has 1 rings (SSSR count). The highest BCUT2D eigenvalue weighted by molar-refractivity contribution is 9.10. The van der Waals surface area contributed by atoms with E-state index >= 15 is 0 Å². The summed E-state index contributed by atoms with van der Waals surface area (Å²) in [5.41, 5.74) is -0.450. The van der Waals surface area contributed by atoms with E-state index in [1.165, 1.54) is 0 Å². The highest BCUT2D eigenvalue weighted by Gasteiger charge is 2.21. The van der Waals surface area contributed by atoms with Gasteiger partial charge in [-0.1, -0.05) is 19.8 Å². The number of rotatable bonds is 6. The van der Waals surface area contributed by atoms with Gasteiger partial charge in [-0.3, -0.25) is 0 Å². The highest BCUT2D eigenvalue weighted by atomic mass is 79.9. The summed E-state index contributed by atoms with van der Waals surface area (Å²) in [6.07, 6.45) is 2.51. The normalized spacial score (nSPS) is 11.4. The third-order valence-electron chi connectivity index (χ3n) is 2.53. The number of hydrogen-bond acceptors (Lipinski definition) is 4. The minimum Gasteiger partial charge on any atom is -0.462 e. The zero-order valence-corrected chi connectivity index (χ0v) is 13.3. The van der Waals surface area contributed by atoms with Crippen LogP contribution in [0.5, 0.6) is 0 Å². The van der Waals surface area contributed by atoms with Crippen LogP contribution in [0.15, 0.2) is 21.5 Å². The second kappa shape index (κ2) is 7.14. The lowest BCUT2D eigenvalue weighted by atomic mass is 10.2. The number of benzene rings is 1. The van der Waals surface area contributed by atoms with E-state index in [0.717, 1.165) is 25.0 Å². The predicted octanol–water partition coefficient (Wildman–Crippen LogP) is 2.58. The van der Waals surface area contributed by atoms with E-state index in [1.807, 2.05) is 6.92 Å². The largest absolute Gasteiger partial charge is 0.462 e. The van der Waals surface area contributed by atoms with Crippen molar-refractivity contribution < 1.29 is 22.3 Å². The molecule has 20 heavy (non-hydrogen) atoms. The Kier molecular flexibility index (Phi) is 6.09. The Hall–Kier alpha value is -0.990. The quantitative estimate of drug-likeness (QED) is 0.618. The van der Waals surface area contributed by atoms with Gasteiger partial charge in [0.15, 0.2) is 0 Å². The maximum Gasteiger partial charge on any atom is 0.341 e. The van der Waals surface area contributed by atoms with Crippen molar-refractivity contribution >= 4 is 31.9 Å². The van der Waals surface area contributed by atoms with Crippen molar-refractivity contribution in [2.45, 2.75) is 31.1 Å². The van der Waals surface area contributed by atoms with E-state index < -0.39 is 27.4 Å². The maximum atomic E-state index is 13.7. The number of carbonyl (C=O) groups is 1. The maximum absolute atomic E-state index is 13.7. The number of unbranched alkanes of at least 4 members (excludes halogenated alkanes) is 2. The molecule has 0 heterocycles. The fourth-order valence-electron chi connectivity index (χ4n) is 1.50. The number of nitrogens with two attached hydrogens (primary N) is 1. The summed E-state index contributed by atoms with van der Waals surface area (Å²) < 4.78 is 41.1. The highest BCUT2D eigenvalue weighted by Crippen LogP contribution is 2.25. The van der Waals surface area contributed by atoms with Gasteiger partial charge < -0.3 is 4.74 Å². The average Bonchev–Trinajstić information content (AvgIpc) is 2.32. The third kappa shape index (κ3) is 4.53. The Bertz CT molecular complexity index is 604. The molecule has 8 heteroatoms. The van der Waals surface area contributed by atoms with Crippen LogP contribution < -0.4 is 5.14 Å². The van der Waals surface area contributed by atoms with Crippen molar-refractivity contribution in [3.05, 3.63) is 28.0 Å². The fourth-order valence-corrected chi connectivity index (χ4v) is 3.10. The number of esters is 1. The first kappa shape index (κ1) is 17.1. The molecule has 0 saturated carbocycles. The SMILES string of the molecule is CCCCCOC(=O)c1cc(S(N)(=O)=O)c(Br)cc1F. The smallest absolute Gasteiger partial charge is 0.341 e. The number of hydrogen-bond donors (Lipinski definition) is 1. The molecule has 112 valence electrons. The lowest BCUT2D eigenvalue weighted by Gasteiger charge is -2.08. The van der Waals surface area contributed by atoms with Crippen LogP contribution in [0, 0.1) is 5.82 Å². The molecule has 0 spiro atoms. The molecule has 0 atom stereocenters. The predicted molar refractivity (Wildman–Crippen MR) is 75.3 cm³/mol. The van der Waals surface area contributed by atoms with E-state index in [-0.39, 0.29) is 16.0 Å². The summed E-state index contributed by atoms with van der Waals surface area (Å²) in [6, 6.07) is 1.75. The molecule has 0 fully saturated rings. The zero-order valence-electron chi connectivity index (χ0n) is 10.9. The molecule has 0 aliphatic heterocycles. The van der Waals surface area contributed by atoms with Gasteiger partial charge in [0.25, 0.3) is 0 Å². The molecular weight excluding hydrogens is 353 g/mol. The molecule has 1 aromatic carbocycles. The lowest BCUT2D eigenvalue weighted by Crippen LogP contribution is -2.16. The first-order valence-corrected chi connectivity index (χ1v) is 8.30. The molecule has 1 aromatic rings. The van der Waals surface area contributed by atoms with Crippen molar-refractivity contribution in [2.75, 3.05) is 6.61 Å². The molecule has 5 nitrogen and oxygen atoms in total. The standard InChI is InChI=1S/C12H15BrFNO4S/c1-2-3-4-5-19-12(16)8-6-11(20(15,17)18)9(13)7-10(8)14/h6-7H,2-5H2,1H3,(H2,15,17,18). The molecule has 0 bridgehead atoms. The van der Waals surface area contributed by atoms with Crippen LogP contribution in [0.1, 0.15) is 36.5 Å². The minimum atomic E-state index is -4.06. The molecule has 0 aromatic heterocycles. The molecular formula is C12H15BrFNO4S. The van der Waals surface area contributed by atoms with Crippen LogP contribution in [0.4, 0.5) is 4.39 Å². The van der Waals surface area contributed by atoms with Crippen molar-refractivity contribution in [2.24, 2.45) is 5.14 Å². The number of sulfonamides is 1. The van der Waals surface area contributed by atoms with Crippen LogP contribution in [0.25, 0.3) is 0 Å². The third-order valence-corrected chi connectivity index (χ3v) is 4.40. The fraction of sp³-hybridized carbons (Fsp3) is 0.417. The van der Waals surface area contributed by atoms with E-state index in [2.05, 4.69) is 15.9 Å². The van der Waals surface area contributed by atoms with Crippen molar-refractivity contribution in [3.8, 4) is 0 Å². The Morgan fingerprint density at radius 1 is 1.40 bits per heavy atom. The number of primary sulfonamides is 1. The Labute approximate surface area is 125 Å². The van der Waals surface area contributed by atoms with Gasteiger partial charge in [0.2, 0.25) is 10.0 Å². The molecule has 0 amide bonds. The van der Waals surface area contributed by atoms with Crippen molar-refractivity contribution in [1.29, 1.82) is 0 Å². The van der Waals surface area contributed by atoms with Crippen LogP contribution in [0.3, 0.4) is 0 Å². The van der Waals surface area contributed by atoms with Crippen LogP contribution >= 0.6 is 15.9 Å². The van der Waals surface area contributed by atoms with Crippen LogP contribution in [0.2, 0.25) is 0 Å². The summed E-state index contributed by atoms with van der Waals surface area (Å²) in [5, 5.41) is 4.98. The summed E-state index contributed by atoms with van der Waals surface area (Å²) in [4.78, 5) is 11.3. The average molecular weight is 368 g/mol. The summed E-state index contributed by atoms with van der Waals surface area (Å²) in [5.74, 6) is -1.78. The van der Waals surface area contributed by atoms with Crippen molar-refractivity contribution in [3.63, 3.8) is 0 Å². The van der Waals surface area contributed by atoms with Crippen molar-refractivity contribution in [1.82, 2.24) is 0 Å². The van der Waals surface area contributed by atoms with Gasteiger partial charge in [0.1, 0.15) is 5.82 Å². The van der Waals surface area contributed by atoms with Gasteiger partial charge in [0.05, 0.1) is 17.1 Å². The Morgan fingerprint density at radius 3 is 2.60 bits per heavy atom. The summed E-state index contributed by atoms with van der Waals surface area (Å²) >= 11 is 2.89. The number of carbonyl (C=O) groups excluding carboxylic acids is 1.